The summed E-state index contributed by atoms with van der Waals surface area (Å²) in [6.45, 7) is 6.48. The normalized spacial score (nSPS) is 22.2. The van der Waals surface area contributed by atoms with Crippen molar-refractivity contribution >= 4 is 22.7 Å². The van der Waals surface area contributed by atoms with Gasteiger partial charge in [0.15, 0.2) is 11.6 Å². The molecule has 2 unspecified atom stereocenters. The van der Waals surface area contributed by atoms with Crippen LogP contribution in [-0.4, -0.2) is 76.7 Å². The molecular weight excluding hydrogens is 418 g/mol. The van der Waals surface area contributed by atoms with Gasteiger partial charge in [0.05, 0.1) is 17.6 Å². The van der Waals surface area contributed by atoms with Gasteiger partial charge in [-0.15, -0.1) is 0 Å². The van der Waals surface area contributed by atoms with Gasteiger partial charge in [-0.25, -0.2) is 13.8 Å². The zero-order valence-corrected chi connectivity index (χ0v) is 18.3. The number of nitrogens with zero attached hydrogens (tertiary/aromatic N) is 4. The van der Waals surface area contributed by atoms with Gasteiger partial charge in [-0.1, -0.05) is 6.08 Å². The number of aliphatic imine (C=N–C) groups is 1. The molecule has 1 aromatic carbocycles. The third-order valence-electron chi connectivity index (χ3n) is 6.08. The maximum atomic E-state index is 14.7. The van der Waals surface area contributed by atoms with E-state index in [0.29, 0.717) is 18.8 Å². The van der Waals surface area contributed by atoms with E-state index >= 15 is 0 Å². The number of H-pyrrole nitrogens is 1. The Morgan fingerprint density at radius 2 is 1.97 bits per heavy atom. The summed E-state index contributed by atoms with van der Waals surface area (Å²) in [4.78, 5) is 38.9. The summed E-state index contributed by atoms with van der Waals surface area (Å²) >= 11 is 0. The van der Waals surface area contributed by atoms with Gasteiger partial charge < -0.3 is 10.3 Å². The monoisotopic (exact) mass is 444 g/mol. The highest BCUT2D eigenvalue weighted by Gasteiger charge is 2.29. The number of piperazine rings is 1. The first kappa shape index (κ1) is 22.2. The summed E-state index contributed by atoms with van der Waals surface area (Å²) in [7, 11) is 1.58. The van der Waals surface area contributed by atoms with E-state index in [1.807, 2.05) is 13.0 Å². The highest BCUT2D eigenvalue weighted by molar-refractivity contribution is 6.43. The largest absolute Gasteiger partial charge is 0.354 e. The van der Waals surface area contributed by atoms with Crippen molar-refractivity contribution in [1.82, 2.24) is 25.1 Å². The average molecular weight is 444 g/mol. The maximum Gasteiger partial charge on any atom is 0.269 e. The standard InChI is InChI=1S/C22H26F2N6O2/c1-12-17(5-4-15(26-12)22(32)25-3)30-8-6-29(7-9-30)11-14-10-16-20(19(24)18(14)23)27-13(2)21(31)28-16/h4-5,10,12,17H,6-9,11H2,1-3H3,(H,25,32)(H,28,31). The number of fused-ring (bicyclic) bond motifs is 1. The fourth-order valence-electron chi connectivity index (χ4n) is 4.26. The zero-order valence-electron chi connectivity index (χ0n) is 18.3. The average Bonchev–Trinajstić information content (AvgIpc) is 2.79. The van der Waals surface area contributed by atoms with Crippen LogP contribution in [0.15, 0.2) is 28.0 Å². The number of aromatic nitrogens is 2. The van der Waals surface area contributed by atoms with Gasteiger partial charge in [0.2, 0.25) is 0 Å². The molecule has 0 spiro atoms. The predicted octanol–water partition coefficient (Wildman–Crippen LogP) is 1.14. The number of carbonyl (C=O) groups excluding carboxylic acids is 1. The lowest BCUT2D eigenvalue weighted by Gasteiger charge is -2.40. The second kappa shape index (κ2) is 8.87. The van der Waals surface area contributed by atoms with Gasteiger partial charge in [-0.2, -0.15) is 0 Å². The Balaban J connectivity index is 1.43. The topological polar surface area (TPSA) is 93.7 Å². The number of aromatic amines is 1. The number of benzene rings is 1. The first-order valence-corrected chi connectivity index (χ1v) is 10.6. The quantitative estimate of drug-likeness (QED) is 0.738. The Labute approximate surface area is 184 Å². The number of hydrogen-bond donors (Lipinski definition) is 2. The van der Waals surface area contributed by atoms with E-state index in [1.54, 1.807) is 13.1 Å². The van der Waals surface area contributed by atoms with Crippen LogP contribution in [0.4, 0.5) is 8.78 Å². The summed E-state index contributed by atoms with van der Waals surface area (Å²) in [6, 6.07) is 1.49. The first-order valence-electron chi connectivity index (χ1n) is 10.6. The summed E-state index contributed by atoms with van der Waals surface area (Å²) in [5.74, 6) is -2.17. The summed E-state index contributed by atoms with van der Waals surface area (Å²) in [6.07, 6.45) is 3.75. The Morgan fingerprint density at radius 3 is 2.62 bits per heavy atom. The van der Waals surface area contributed by atoms with E-state index in [0.717, 1.165) is 13.1 Å². The van der Waals surface area contributed by atoms with Crippen LogP contribution in [0.3, 0.4) is 0 Å². The highest BCUT2D eigenvalue weighted by atomic mass is 19.2. The number of aryl methyl sites for hydroxylation is 1. The molecule has 1 amide bonds. The number of carbonyl (C=O) groups is 1. The van der Waals surface area contributed by atoms with E-state index in [9.17, 15) is 18.4 Å². The predicted molar refractivity (Wildman–Crippen MR) is 118 cm³/mol. The van der Waals surface area contributed by atoms with Crippen molar-refractivity contribution in [2.75, 3.05) is 33.2 Å². The second-order valence-corrected chi connectivity index (χ2v) is 8.21. The van der Waals surface area contributed by atoms with Crippen LogP contribution < -0.4 is 10.9 Å². The number of halogens is 2. The third-order valence-corrected chi connectivity index (χ3v) is 6.08. The molecule has 170 valence electrons. The number of hydrogen-bond acceptors (Lipinski definition) is 6. The van der Waals surface area contributed by atoms with Gasteiger partial charge >= 0.3 is 0 Å². The molecule has 0 bridgehead atoms. The van der Waals surface area contributed by atoms with E-state index in [-0.39, 0.29) is 46.8 Å². The molecule has 4 rings (SSSR count). The van der Waals surface area contributed by atoms with E-state index in [2.05, 4.69) is 30.1 Å². The Morgan fingerprint density at radius 1 is 1.25 bits per heavy atom. The molecule has 1 fully saturated rings. The number of dihydropyridines is 1. The Kier molecular flexibility index (Phi) is 6.16. The van der Waals surface area contributed by atoms with Crippen molar-refractivity contribution in [1.29, 1.82) is 0 Å². The summed E-state index contributed by atoms with van der Waals surface area (Å²) in [5, 5.41) is 2.58. The molecule has 1 saturated heterocycles. The SMILES string of the molecule is CNC(=O)C1=NC(C)C(N2CCN(Cc3cc4[nH]c(=O)c(C)nc4c(F)c3F)CC2)C=C1. The van der Waals surface area contributed by atoms with Crippen molar-refractivity contribution in [3.8, 4) is 0 Å². The molecule has 10 heteroatoms. The number of nitrogens with one attached hydrogen (secondary N) is 2. The highest BCUT2D eigenvalue weighted by Crippen LogP contribution is 2.23. The van der Waals surface area contributed by atoms with Crippen LogP contribution in [0.1, 0.15) is 18.2 Å². The molecule has 32 heavy (non-hydrogen) atoms. The molecule has 2 aliphatic rings. The minimum Gasteiger partial charge on any atom is -0.354 e. The van der Waals surface area contributed by atoms with Crippen LogP contribution in [0, 0.1) is 18.6 Å². The fourth-order valence-corrected chi connectivity index (χ4v) is 4.26. The van der Waals surface area contributed by atoms with Crippen molar-refractivity contribution in [2.45, 2.75) is 32.5 Å². The molecule has 0 saturated carbocycles. The molecule has 0 aliphatic carbocycles. The fraction of sp³-hybridized carbons (Fsp3) is 0.455. The van der Waals surface area contributed by atoms with Crippen molar-refractivity contribution in [3.05, 3.63) is 51.5 Å². The molecule has 2 aliphatic heterocycles. The third kappa shape index (κ3) is 4.20. The van der Waals surface area contributed by atoms with Crippen molar-refractivity contribution in [2.24, 2.45) is 4.99 Å². The van der Waals surface area contributed by atoms with Crippen LogP contribution in [0.2, 0.25) is 0 Å². The van der Waals surface area contributed by atoms with Crippen LogP contribution in [-0.2, 0) is 11.3 Å². The lowest BCUT2D eigenvalue weighted by Crippen LogP contribution is -2.53. The molecule has 2 N–H and O–H groups in total. The molecule has 2 aromatic rings. The number of rotatable bonds is 4. The molecular formula is C22H26F2N6O2. The van der Waals surface area contributed by atoms with Crippen molar-refractivity contribution in [3.63, 3.8) is 0 Å². The van der Waals surface area contributed by atoms with E-state index in [1.165, 1.54) is 13.0 Å². The van der Waals surface area contributed by atoms with Gasteiger partial charge in [0.1, 0.15) is 16.9 Å². The number of amides is 1. The Bertz CT molecular complexity index is 1170. The van der Waals surface area contributed by atoms with Gasteiger partial charge in [-0.05, 0) is 26.0 Å². The molecule has 8 nitrogen and oxygen atoms in total. The van der Waals surface area contributed by atoms with Crippen LogP contribution >= 0.6 is 0 Å². The summed E-state index contributed by atoms with van der Waals surface area (Å²) < 4.78 is 29.2. The minimum absolute atomic E-state index is 0.0568. The zero-order chi connectivity index (χ0) is 23.0. The smallest absolute Gasteiger partial charge is 0.269 e. The van der Waals surface area contributed by atoms with Crippen LogP contribution in [0.25, 0.3) is 11.0 Å². The second-order valence-electron chi connectivity index (χ2n) is 8.21. The summed E-state index contributed by atoms with van der Waals surface area (Å²) in [5.41, 5.74) is 0.321. The van der Waals surface area contributed by atoms with Crippen molar-refractivity contribution < 1.29 is 13.6 Å². The van der Waals surface area contributed by atoms with Gasteiger partial charge in [-0.3, -0.25) is 24.4 Å². The molecule has 2 atom stereocenters. The lowest BCUT2D eigenvalue weighted by atomic mass is 10.0. The first-order chi connectivity index (χ1) is 15.3. The molecule has 0 radical (unpaired) electrons. The molecule has 3 heterocycles. The molecule has 1 aromatic heterocycles. The Hall–Kier alpha value is -2.98. The van der Waals surface area contributed by atoms with E-state index in [4.69, 9.17) is 0 Å². The maximum absolute atomic E-state index is 14.7. The van der Waals surface area contributed by atoms with E-state index < -0.39 is 17.2 Å². The minimum atomic E-state index is -1.04. The van der Waals surface area contributed by atoms with Gasteiger partial charge in [0.25, 0.3) is 11.5 Å². The lowest BCUT2D eigenvalue weighted by molar-refractivity contribution is -0.114. The van der Waals surface area contributed by atoms with Gasteiger partial charge in [0, 0.05) is 45.3 Å². The van der Waals surface area contributed by atoms with Crippen LogP contribution in [0.5, 0.6) is 0 Å².